The van der Waals surface area contributed by atoms with Crippen molar-refractivity contribution in [3.8, 4) is 5.75 Å². The number of benzene rings is 2. The van der Waals surface area contributed by atoms with Gasteiger partial charge < -0.3 is 9.84 Å². The highest BCUT2D eigenvalue weighted by Crippen LogP contribution is 2.24. The minimum Gasteiger partial charge on any atom is -0.489 e. The van der Waals surface area contributed by atoms with E-state index in [-0.39, 0.29) is 12.2 Å². The fraction of sp³-hybridized carbons (Fsp3) is 0.250. The lowest BCUT2D eigenvalue weighted by molar-refractivity contribution is 0.199. The first-order valence-electron chi connectivity index (χ1n) is 6.32. The smallest absolute Gasteiger partial charge is 0.130 e. The number of aliphatic hydroxyl groups excluding tert-OH is 1. The molecule has 0 fully saturated rings. The van der Waals surface area contributed by atoms with Crippen LogP contribution in [0.25, 0.3) is 0 Å². The Morgan fingerprint density at radius 2 is 1.90 bits per heavy atom. The van der Waals surface area contributed by atoms with Crippen LogP contribution >= 0.6 is 0 Å². The summed E-state index contributed by atoms with van der Waals surface area (Å²) in [6.45, 7) is 3.47. The molecular formula is C16H16F2O2. The molecule has 0 amide bonds. The Morgan fingerprint density at radius 3 is 2.55 bits per heavy atom. The van der Waals surface area contributed by atoms with Crippen LogP contribution in [0.5, 0.6) is 5.75 Å². The lowest BCUT2D eigenvalue weighted by Gasteiger charge is -2.12. The summed E-state index contributed by atoms with van der Waals surface area (Å²) in [6.07, 6.45) is -0.552. The molecule has 0 heterocycles. The number of ether oxygens (including phenoxy) is 1. The highest BCUT2D eigenvalue weighted by molar-refractivity contribution is 5.37. The third-order valence-electron chi connectivity index (χ3n) is 3.07. The molecule has 0 aromatic heterocycles. The second-order valence-electron chi connectivity index (χ2n) is 4.73. The highest BCUT2D eigenvalue weighted by atomic mass is 19.1. The zero-order valence-electron chi connectivity index (χ0n) is 11.4. The van der Waals surface area contributed by atoms with E-state index in [4.69, 9.17) is 4.74 Å². The van der Waals surface area contributed by atoms with Gasteiger partial charge >= 0.3 is 0 Å². The Morgan fingerprint density at radius 1 is 1.15 bits per heavy atom. The summed E-state index contributed by atoms with van der Waals surface area (Å²) in [5, 5.41) is 9.48. The Balaban J connectivity index is 2.13. The minimum atomic E-state index is -0.552. The van der Waals surface area contributed by atoms with E-state index in [0.29, 0.717) is 5.75 Å². The van der Waals surface area contributed by atoms with Crippen molar-refractivity contribution >= 4 is 0 Å². The van der Waals surface area contributed by atoms with Crippen LogP contribution in [0.1, 0.15) is 29.7 Å². The van der Waals surface area contributed by atoms with Crippen LogP contribution in [0.15, 0.2) is 36.4 Å². The van der Waals surface area contributed by atoms with Gasteiger partial charge in [0.25, 0.3) is 0 Å². The summed E-state index contributed by atoms with van der Waals surface area (Å²) in [5.41, 5.74) is 1.79. The molecule has 2 rings (SSSR count). The standard InChI is InChI=1S/C16H16F2O2/c1-10-7-12(11(2)19)3-6-16(10)20-9-13-8-14(17)4-5-15(13)18/h3-8,11,19H,9H2,1-2H3. The highest BCUT2D eigenvalue weighted by Gasteiger charge is 2.08. The molecule has 0 aliphatic carbocycles. The molecule has 2 aromatic carbocycles. The number of rotatable bonds is 4. The first kappa shape index (κ1) is 14.5. The zero-order valence-corrected chi connectivity index (χ0v) is 11.4. The van der Waals surface area contributed by atoms with E-state index in [0.717, 1.165) is 29.3 Å². The van der Waals surface area contributed by atoms with Gasteiger partial charge in [0.15, 0.2) is 0 Å². The summed E-state index contributed by atoms with van der Waals surface area (Å²) in [5.74, 6) is -0.408. The van der Waals surface area contributed by atoms with Crippen LogP contribution in [-0.2, 0) is 6.61 Å². The normalized spacial score (nSPS) is 12.2. The SMILES string of the molecule is Cc1cc(C(C)O)ccc1OCc1cc(F)ccc1F. The molecule has 2 nitrogen and oxygen atoms in total. The molecule has 2 aromatic rings. The van der Waals surface area contributed by atoms with E-state index >= 15 is 0 Å². The molecule has 0 spiro atoms. The van der Waals surface area contributed by atoms with Crippen LogP contribution in [0.2, 0.25) is 0 Å². The van der Waals surface area contributed by atoms with Crippen molar-refractivity contribution in [1.29, 1.82) is 0 Å². The Bertz CT molecular complexity index is 609. The van der Waals surface area contributed by atoms with E-state index in [1.165, 1.54) is 0 Å². The van der Waals surface area contributed by atoms with Gasteiger partial charge in [0, 0.05) is 5.56 Å². The largest absolute Gasteiger partial charge is 0.489 e. The van der Waals surface area contributed by atoms with Gasteiger partial charge in [-0.05, 0) is 55.3 Å². The molecular weight excluding hydrogens is 262 g/mol. The fourth-order valence-corrected chi connectivity index (χ4v) is 1.90. The van der Waals surface area contributed by atoms with Crippen molar-refractivity contribution in [2.45, 2.75) is 26.6 Å². The number of aryl methyl sites for hydroxylation is 1. The monoisotopic (exact) mass is 278 g/mol. The number of halogens is 2. The Kier molecular flexibility index (Phi) is 4.35. The van der Waals surface area contributed by atoms with Crippen LogP contribution in [0, 0.1) is 18.6 Å². The van der Waals surface area contributed by atoms with Crippen molar-refractivity contribution in [3.63, 3.8) is 0 Å². The van der Waals surface area contributed by atoms with Crippen molar-refractivity contribution in [2.75, 3.05) is 0 Å². The van der Waals surface area contributed by atoms with Gasteiger partial charge in [0.1, 0.15) is 24.0 Å². The van der Waals surface area contributed by atoms with Crippen LogP contribution in [-0.4, -0.2) is 5.11 Å². The molecule has 106 valence electrons. The van der Waals surface area contributed by atoms with Crippen LogP contribution in [0.4, 0.5) is 8.78 Å². The van der Waals surface area contributed by atoms with Gasteiger partial charge in [0.05, 0.1) is 6.10 Å². The lowest BCUT2D eigenvalue weighted by Crippen LogP contribution is -2.01. The predicted octanol–water partition coefficient (Wildman–Crippen LogP) is 3.91. The molecule has 0 radical (unpaired) electrons. The third kappa shape index (κ3) is 3.33. The summed E-state index contributed by atoms with van der Waals surface area (Å²) in [7, 11) is 0. The summed E-state index contributed by atoms with van der Waals surface area (Å²) in [6, 6.07) is 8.54. The average Bonchev–Trinajstić information content (AvgIpc) is 2.40. The number of hydrogen-bond donors (Lipinski definition) is 1. The maximum absolute atomic E-state index is 13.5. The van der Waals surface area contributed by atoms with Crippen molar-refractivity contribution in [3.05, 3.63) is 64.7 Å². The summed E-state index contributed by atoms with van der Waals surface area (Å²) in [4.78, 5) is 0. The van der Waals surface area contributed by atoms with E-state index in [1.807, 2.05) is 13.0 Å². The van der Waals surface area contributed by atoms with Gasteiger partial charge in [-0.1, -0.05) is 6.07 Å². The Labute approximate surface area is 116 Å². The van der Waals surface area contributed by atoms with Gasteiger partial charge in [-0.25, -0.2) is 8.78 Å². The third-order valence-corrected chi connectivity index (χ3v) is 3.07. The Hall–Kier alpha value is -1.94. The van der Waals surface area contributed by atoms with E-state index < -0.39 is 17.7 Å². The van der Waals surface area contributed by atoms with E-state index in [9.17, 15) is 13.9 Å². The predicted molar refractivity (Wildman–Crippen MR) is 72.5 cm³/mol. The summed E-state index contributed by atoms with van der Waals surface area (Å²) >= 11 is 0. The molecule has 20 heavy (non-hydrogen) atoms. The fourth-order valence-electron chi connectivity index (χ4n) is 1.90. The van der Waals surface area contributed by atoms with Crippen molar-refractivity contribution in [1.82, 2.24) is 0 Å². The van der Waals surface area contributed by atoms with Gasteiger partial charge in [-0.2, -0.15) is 0 Å². The first-order valence-corrected chi connectivity index (χ1v) is 6.32. The van der Waals surface area contributed by atoms with Gasteiger partial charge in [-0.15, -0.1) is 0 Å². The topological polar surface area (TPSA) is 29.5 Å². The second kappa shape index (κ2) is 6.01. The molecule has 0 aliphatic heterocycles. The second-order valence-corrected chi connectivity index (χ2v) is 4.73. The molecule has 0 bridgehead atoms. The molecule has 1 atom stereocenters. The van der Waals surface area contributed by atoms with E-state index in [2.05, 4.69) is 0 Å². The molecule has 4 heteroatoms. The minimum absolute atomic E-state index is 0.0432. The maximum Gasteiger partial charge on any atom is 0.130 e. The molecule has 0 aliphatic rings. The number of aliphatic hydroxyl groups is 1. The average molecular weight is 278 g/mol. The summed E-state index contributed by atoms with van der Waals surface area (Å²) < 4.78 is 32.0. The van der Waals surface area contributed by atoms with Crippen LogP contribution in [0.3, 0.4) is 0 Å². The molecule has 0 saturated carbocycles. The van der Waals surface area contributed by atoms with Crippen LogP contribution < -0.4 is 4.74 Å². The first-order chi connectivity index (χ1) is 9.47. The molecule has 1 unspecified atom stereocenters. The van der Waals surface area contributed by atoms with Crippen molar-refractivity contribution in [2.24, 2.45) is 0 Å². The molecule has 0 saturated heterocycles. The number of hydrogen-bond acceptors (Lipinski definition) is 2. The quantitative estimate of drug-likeness (QED) is 0.919. The zero-order chi connectivity index (χ0) is 14.7. The maximum atomic E-state index is 13.5. The van der Waals surface area contributed by atoms with Gasteiger partial charge in [0.2, 0.25) is 0 Å². The molecule has 1 N–H and O–H groups in total. The van der Waals surface area contributed by atoms with E-state index in [1.54, 1.807) is 19.1 Å². The lowest BCUT2D eigenvalue weighted by atomic mass is 10.1. The van der Waals surface area contributed by atoms with Gasteiger partial charge in [-0.3, -0.25) is 0 Å². The van der Waals surface area contributed by atoms with Crippen molar-refractivity contribution < 1.29 is 18.6 Å².